The van der Waals surface area contributed by atoms with Gasteiger partial charge < -0.3 is 10.1 Å². The van der Waals surface area contributed by atoms with Crippen LogP contribution in [0.3, 0.4) is 0 Å². The lowest BCUT2D eigenvalue weighted by atomic mass is 9.89. The molecule has 1 N–H and O–H groups in total. The second-order valence-electron chi connectivity index (χ2n) is 7.94. The van der Waals surface area contributed by atoms with E-state index in [1.165, 1.54) is 10.4 Å². The van der Waals surface area contributed by atoms with Gasteiger partial charge in [-0.15, -0.1) is 0 Å². The Morgan fingerprint density at radius 3 is 2.41 bits per heavy atom. The number of hydrogen-bond donors (Lipinski definition) is 1. The molecule has 1 heterocycles. The average molecular weight is 423 g/mol. The van der Waals surface area contributed by atoms with E-state index in [-0.39, 0.29) is 23.4 Å². The van der Waals surface area contributed by atoms with Gasteiger partial charge in [0.05, 0.1) is 10.8 Å². The predicted octanol–water partition coefficient (Wildman–Crippen LogP) is 3.23. The third kappa shape index (κ3) is 5.57. The van der Waals surface area contributed by atoms with Crippen molar-refractivity contribution in [3.8, 4) is 0 Å². The molecule has 1 aliphatic carbocycles. The fourth-order valence-electron chi connectivity index (χ4n) is 3.99. The molecule has 7 nitrogen and oxygen atoms in total. The van der Waals surface area contributed by atoms with E-state index in [9.17, 15) is 18.0 Å². The topological polar surface area (TPSA) is 92.8 Å². The molecular formula is C21H30N2O5S. The Morgan fingerprint density at radius 1 is 1.07 bits per heavy atom. The fourth-order valence-corrected chi connectivity index (χ4v) is 5.76. The molecule has 29 heavy (non-hydrogen) atoms. The van der Waals surface area contributed by atoms with Gasteiger partial charge in [0, 0.05) is 18.8 Å². The molecule has 160 valence electrons. The highest BCUT2D eigenvalue weighted by atomic mass is 32.2. The maximum atomic E-state index is 13.0. The first-order chi connectivity index (χ1) is 13.9. The van der Waals surface area contributed by atoms with Crippen LogP contribution in [0.4, 0.5) is 5.69 Å². The number of piperidine rings is 1. The summed E-state index contributed by atoms with van der Waals surface area (Å²) in [5, 5.41) is 2.64. The maximum absolute atomic E-state index is 13.0. The second kappa shape index (κ2) is 9.71. The van der Waals surface area contributed by atoms with Crippen molar-refractivity contribution in [1.29, 1.82) is 0 Å². The minimum atomic E-state index is -3.59. The molecule has 3 rings (SSSR count). The van der Waals surface area contributed by atoms with Crippen LogP contribution in [0.5, 0.6) is 0 Å². The number of carbonyl (C=O) groups is 2. The van der Waals surface area contributed by atoms with E-state index >= 15 is 0 Å². The summed E-state index contributed by atoms with van der Waals surface area (Å²) in [6.07, 6.45) is 7.57. The van der Waals surface area contributed by atoms with Crippen molar-refractivity contribution < 1.29 is 22.7 Å². The van der Waals surface area contributed by atoms with Crippen molar-refractivity contribution in [3.63, 3.8) is 0 Å². The Bertz CT molecular complexity index is 841. The van der Waals surface area contributed by atoms with Crippen molar-refractivity contribution in [2.75, 3.05) is 25.0 Å². The summed E-state index contributed by atoms with van der Waals surface area (Å²) >= 11 is 0. The molecule has 0 bridgehead atoms. The predicted molar refractivity (Wildman–Crippen MR) is 110 cm³/mol. The monoisotopic (exact) mass is 422 g/mol. The van der Waals surface area contributed by atoms with Gasteiger partial charge in [0.25, 0.3) is 5.91 Å². The van der Waals surface area contributed by atoms with Crippen LogP contribution >= 0.6 is 0 Å². The molecule has 2 fully saturated rings. The average Bonchev–Trinajstić information content (AvgIpc) is 2.74. The Kier molecular flexibility index (Phi) is 7.29. The van der Waals surface area contributed by atoms with E-state index in [0.29, 0.717) is 24.3 Å². The second-order valence-corrected chi connectivity index (χ2v) is 9.84. The lowest BCUT2D eigenvalue weighted by molar-refractivity contribution is -0.152. The minimum absolute atomic E-state index is 0.114. The summed E-state index contributed by atoms with van der Waals surface area (Å²) in [7, 11) is -3.59. The third-order valence-electron chi connectivity index (χ3n) is 5.69. The molecule has 2 aliphatic rings. The Hall–Kier alpha value is -1.93. The summed E-state index contributed by atoms with van der Waals surface area (Å²) in [6, 6.07) is 4.83. The Balaban J connectivity index is 1.61. The highest BCUT2D eigenvalue weighted by Gasteiger charge is 2.28. The van der Waals surface area contributed by atoms with E-state index in [1.807, 2.05) is 0 Å². The van der Waals surface area contributed by atoms with Gasteiger partial charge >= 0.3 is 5.97 Å². The summed E-state index contributed by atoms with van der Waals surface area (Å²) in [5.41, 5.74) is 1.02. The van der Waals surface area contributed by atoms with Gasteiger partial charge in [0.2, 0.25) is 10.0 Å². The number of nitrogens with zero attached hydrogens (tertiary/aromatic N) is 1. The molecule has 1 amide bonds. The van der Waals surface area contributed by atoms with Gasteiger partial charge in [-0.25, -0.2) is 8.42 Å². The molecule has 1 saturated carbocycles. The van der Waals surface area contributed by atoms with Crippen LogP contribution in [-0.2, 0) is 24.3 Å². The van der Waals surface area contributed by atoms with Gasteiger partial charge in [-0.1, -0.05) is 31.7 Å². The lowest BCUT2D eigenvalue weighted by Gasteiger charge is -2.26. The normalized spacial score (nSPS) is 18.9. The number of hydrogen-bond acceptors (Lipinski definition) is 5. The number of carbonyl (C=O) groups excluding carboxylic acids is 2. The van der Waals surface area contributed by atoms with Crippen LogP contribution in [0.25, 0.3) is 0 Å². The van der Waals surface area contributed by atoms with Crippen molar-refractivity contribution in [1.82, 2.24) is 4.31 Å². The van der Waals surface area contributed by atoms with Crippen LogP contribution in [0, 0.1) is 12.8 Å². The highest BCUT2D eigenvalue weighted by Crippen LogP contribution is 2.26. The lowest BCUT2D eigenvalue weighted by Crippen LogP contribution is -2.36. The molecule has 0 aromatic heterocycles. The van der Waals surface area contributed by atoms with Crippen LogP contribution in [0.2, 0.25) is 0 Å². The molecule has 0 unspecified atom stereocenters. The number of rotatable bonds is 6. The number of amides is 1. The van der Waals surface area contributed by atoms with Crippen LogP contribution in [0.15, 0.2) is 23.1 Å². The summed E-state index contributed by atoms with van der Waals surface area (Å²) < 4.78 is 32.6. The Labute approximate surface area is 172 Å². The first-order valence-corrected chi connectivity index (χ1v) is 11.9. The number of sulfonamides is 1. The number of nitrogens with one attached hydrogen (secondary N) is 1. The van der Waals surface area contributed by atoms with Crippen LogP contribution in [0.1, 0.15) is 56.9 Å². The van der Waals surface area contributed by atoms with E-state index in [0.717, 1.165) is 51.4 Å². The van der Waals surface area contributed by atoms with Gasteiger partial charge in [-0.3, -0.25) is 9.59 Å². The molecule has 0 atom stereocenters. The zero-order valence-electron chi connectivity index (χ0n) is 17.0. The van der Waals surface area contributed by atoms with Crippen molar-refractivity contribution >= 4 is 27.6 Å². The van der Waals surface area contributed by atoms with E-state index in [2.05, 4.69) is 5.32 Å². The summed E-state index contributed by atoms with van der Waals surface area (Å²) in [4.78, 5) is 24.5. The molecule has 1 aliphatic heterocycles. The maximum Gasteiger partial charge on any atom is 0.309 e. The molecule has 1 aromatic carbocycles. The molecule has 0 spiro atoms. The van der Waals surface area contributed by atoms with Crippen LogP contribution in [-0.4, -0.2) is 44.3 Å². The standard InChI is InChI=1S/C21H30N2O5S/c1-16-10-11-18(14-19(16)29(26,27)23-12-6-3-7-13-23)22-20(24)15-28-21(25)17-8-4-2-5-9-17/h10-11,14,17H,2-9,12-13,15H2,1H3,(H,22,24). The quantitative estimate of drug-likeness (QED) is 0.711. The minimum Gasteiger partial charge on any atom is -0.455 e. The zero-order chi connectivity index (χ0) is 20.9. The van der Waals surface area contributed by atoms with E-state index < -0.39 is 15.9 Å². The number of anilines is 1. The number of ether oxygens (including phenoxy) is 1. The van der Waals surface area contributed by atoms with Crippen LogP contribution < -0.4 is 5.32 Å². The molecule has 0 radical (unpaired) electrons. The van der Waals surface area contributed by atoms with Gasteiger partial charge in [0.1, 0.15) is 0 Å². The molecular weight excluding hydrogens is 392 g/mol. The van der Waals surface area contributed by atoms with Gasteiger partial charge in [0.15, 0.2) is 6.61 Å². The molecule has 8 heteroatoms. The van der Waals surface area contributed by atoms with Crippen molar-refractivity contribution in [3.05, 3.63) is 23.8 Å². The largest absolute Gasteiger partial charge is 0.455 e. The first kappa shape index (κ1) is 21.8. The third-order valence-corrected chi connectivity index (χ3v) is 7.73. The fraction of sp³-hybridized carbons (Fsp3) is 0.619. The van der Waals surface area contributed by atoms with Gasteiger partial charge in [-0.2, -0.15) is 4.31 Å². The smallest absolute Gasteiger partial charge is 0.309 e. The van der Waals surface area contributed by atoms with E-state index in [4.69, 9.17) is 4.74 Å². The SMILES string of the molecule is Cc1ccc(NC(=O)COC(=O)C2CCCCC2)cc1S(=O)(=O)N1CCCCC1. The molecule has 1 saturated heterocycles. The molecule has 1 aromatic rings. The number of aryl methyl sites for hydroxylation is 1. The zero-order valence-corrected chi connectivity index (χ0v) is 17.8. The summed E-state index contributed by atoms with van der Waals surface area (Å²) in [5.74, 6) is -0.909. The summed E-state index contributed by atoms with van der Waals surface area (Å²) in [6.45, 7) is 2.43. The number of benzene rings is 1. The van der Waals surface area contributed by atoms with Crippen molar-refractivity contribution in [2.24, 2.45) is 5.92 Å². The van der Waals surface area contributed by atoms with E-state index in [1.54, 1.807) is 19.1 Å². The number of esters is 1. The van der Waals surface area contributed by atoms with Crippen molar-refractivity contribution in [2.45, 2.75) is 63.2 Å². The Morgan fingerprint density at radius 2 is 1.72 bits per heavy atom. The highest BCUT2D eigenvalue weighted by molar-refractivity contribution is 7.89. The first-order valence-electron chi connectivity index (χ1n) is 10.5. The van der Waals surface area contributed by atoms with Gasteiger partial charge in [-0.05, 0) is 50.3 Å².